The first-order chi connectivity index (χ1) is 13.7. The van der Waals surface area contributed by atoms with Crippen LogP contribution in [-0.4, -0.2) is 30.7 Å². The van der Waals surface area contributed by atoms with Crippen molar-refractivity contribution >= 4 is 22.5 Å². The van der Waals surface area contributed by atoms with Crippen molar-refractivity contribution in [2.24, 2.45) is 0 Å². The number of nitrogens with zero attached hydrogens (tertiary/aromatic N) is 4. The Kier molecular flexibility index (Phi) is 4.04. The number of aromatic nitrogens is 4. The van der Waals surface area contributed by atoms with Gasteiger partial charge in [-0.1, -0.05) is 31.4 Å². The highest BCUT2D eigenvalue weighted by atomic mass is 16.4. The molecule has 0 spiro atoms. The van der Waals surface area contributed by atoms with Crippen LogP contribution in [0.15, 0.2) is 48.9 Å². The van der Waals surface area contributed by atoms with Gasteiger partial charge in [0, 0.05) is 29.3 Å². The molecule has 1 aliphatic rings. The molecule has 0 unspecified atom stereocenters. The Balaban J connectivity index is 1.75. The van der Waals surface area contributed by atoms with Gasteiger partial charge < -0.3 is 5.11 Å². The second-order valence-electron chi connectivity index (χ2n) is 7.40. The standard InChI is InChI=1S/C22H20N4O2/c27-22(28)18-13-25-26-20(14-5-2-1-3-6-14)17(12-24-21(18)26)15-8-9-19-16(11-15)7-4-10-23-19/h4,7-14H,1-3,5-6H2,(H,27,28). The van der Waals surface area contributed by atoms with E-state index < -0.39 is 5.97 Å². The fourth-order valence-electron chi connectivity index (χ4n) is 4.33. The molecule has 6 nitrogen and oxygen atoms in total. The summed E-state index contributed by atoms with van der Waals surface area (Å²) in [6, 6.07) is 10.2. The lowest BCUT2D eigenvalue weighted by molar-refractivity contribution is 0.0698. The van der Waals surface area contributed by atoms with Crippen LogP contribution in [0.5, 0.6) is 0 Å². The predicted molar refractivity (Wildman–Crippen MR) is 107 cm³/mol. The highest BCUT2D eigenvalue weighted by Crippen LogP contribution is 2.38. The van der Waals surface area contributed by atoms with Gasteiger partial charge in [0.15, 0.2) is 5.65 Å². The molecule has 1 saturated carbocycles. The quantitative estimate of drug-likeness (QED) is 0.564. The van der Waals surface area contributed by atoms with Crippen molar-refractivity contribution in [2.75, 3.05) is 0 Å². The van der Waals surface area contributed by atoms with E-state index in [1.807, 2.05) is 18.3 Å². The summed E-state index contributed by atoms with van der Waals surface area (Å²) in [4.78, 5) is 20.4. The van der Waals surface area contributed by atoms with Crippen molar-refractivity contribution in [3.8, 4) is 11.1 Å². The van der Waals surface area contributed by atoms with E-state index in [0.717, 1.165) is 40.6 Å². The maximum atomic E-state index is 11.6. The maximum absolute atomic E-state index is 11.6. The van der Waals surface area contributed by atoms with Crippen LogP contribution in [0.4, 0.5) is 0 Å². The molecule has 28 heavy (non-hydrogen) atoms. The minimum absolute atomic E-state index is 0.145. The first kappa shape index (κ1) is 16.9. The van der Waals surface area contributed by atoms with Crippen molar-refractivity contribution < 1.29 is 9.90 Å². The second kappa shape index (κ2) is 6.71. The normalized spacial score (nSPS) is 15.3. The third-order valence-corrected chi connectivity index (χ3v) is 5.70. The molecule has 3 heterocycles. The highest BCUT2D eigenvalue weighted by Gasteiger charge is 2.25. The van der Waals surface area contributed by atoms with Gasteiger partial charge in [0.05, 0.1) is 17.4 Å². The Morgan fingerprint density at radius 3 is 2.75 bits per heavy atom. The van der Waals surface area contributed by atoms with Gasteiger partial charge in [0.25, 0.3) is 0 Å². The molecule has 0 saturated heterocycles. The average molecular weight is 372 g/mol. The molecule has 0 aliphatic heterocycles. The third kappa shape index (κ3) is 2.72. The van der Waals surface area contributed by atoms with E-state index in [2.05, 4.69) is 33.3 Å². The maximum Gasteiger partial charge on any atom is 0.341 e. The van der Waals surface area contributed by atoms with Gasteiger partial charge in [-0.25, -0.2) is 14.3 Å². The SMILES string of the molecule is O=C(O)c1cnn2c(C3CCCCC3)c(-c3ccc4ncccc4c3)cnc12. The van der Waals surface area contributed by atoms with Gasteiger partial charge in [-0.05, 0) is 36.6 Å². The minimum atomic E-state index is -0.998. The molecule has 1 fully saturated rings. The largest absolute Gasteiger partial charge is 0.477 e. The average Bonchev–Trinajstić information content (AvgIpc) is 3.18. The van der Waals surface area contributed by atoms with Crippen LogP contribution in [0.25, 0.3) is 27.7 Å². The first-order valence-electron chi connectivity index (χ1n) is 9.67. The number of fused-ring (bicyclic) bond motifs is 2. The van der Waals surface area contributed by atoms with E-state index >= 15 is 0 Å². The van der Waals surface area contributed by atoms with Gasteiger partial charge in [0.1, 0.15) is 5.56 Å². The number of pyridine rings is 1. The number of carboxylic acid groups (broad SMARTS) is 1. The van der Waals surface area contributed by atoms with Crippen LogP contribution in [0.2, 0.25) is 0 Å². The summed E-state index contributed by atoms with van der Waals surface area (Å²) in [5, 5.41) is 15.0. The zero-order chi connectivity index (χ0) is 19.1. The van der Waals surface area contributed by atoms with Gasteiger partial charge >= 0.3 is 5.97 Å². The molecule has 5 rings (SSSR count). The lowest BCUT2D eigenvalue weighted by Crippen LogP contribution is -2.13. The summed E-state index contributed by atoms with van der Waals surface area (Å²) in [6.45, 7) is 0. The summed E-state index contributed by atoms with van der Waals surface area (Å²) in [5.41, 5.74) is 4.66. The number of hydrogen-bond acceptors (Lipinski definition) is 4. The van der Waals surface area contributed by atoms with Crippen molar-refractivity contribution in [3.05, 3.63) is 60.2 Å². The highest BCUT2D eigenvalue weighted by molar-refractivity contribution is 5.94. The van der Waals surface area contributed by atoms with Crippen molar-refractivity contribution in [1.29, 1.82) is 0 Å². The molecule has 1 aliphatic carbocycles. The Bertz CT molecular complexity index is 1190. The molecule has 0 radical (unpaired) electrons. The van der Waals surface area contributed by atoms with E-state index in [1.165, 1.54) is 25.5 Å². The zero-order valence-electron chi connectivity index (χ0n) is 15.4. The molecule has 3 aromatic heterocycles. The van der Waals surface area contributed by atoms with Gasteiger partial charge in [-0.3, -0.25) is 4.98 Å². The van der Waals surface area contributed by atoms with E-state index in [0.29, 0.717) is 11.6 Å². The molecule has 0 amide bonds. The number of carbonyl (C=O) groups is 1. The van der Waals surface area contributed by atoms with E-state index in [1.54, 1.807) is 10.7 Å². The predicted octanol–water partition coefficient (Wildman–Crippen LogP) is 4.69. The smallest absolute Gasteiger partial charge is 0.341 e. The van der Waals surface area contributed by atoms with Gasteiger partial charge in [-0.2, -0.15) is 5.10 Å². The summed E-state index contributed by atoms with van der Waals surface area (Å²) in [6.07, 6.45) is 10.8. The molecule has 4 aromatic rings. The molecule has 1 N–H and O–H groups in total. The van der Waals surface area contributed by atoms with Gasteiger partial charge in [-0.15, -0.1) is 0 Å². The van der Waals surface area contributed by atoms with Crippen LogP contribution in [0, 0.1) is 0 Å². The molecule has 6 heteroatoms. The monoisotopic (exact) mass is 372 g/mol. The molecule has 0 bridgehead atoms. The fraction of sp³-hybridized carbons (Fsp3) is 0.273. The number of carboxylic acids is 1. The van der Waals surface area contributed by atoms with E-state index in [4.69, 9.17) is 0 Å². The number of rotatable bonds is 3. The number of aromatic carboxylic acids is 1. The van der Waals surface area contributed by atoms with Crippen LogP contribution < -0.4 is 0 Å². The Morgan fingerprint density at radius 1 is 1.07 bits per heavy atom. The number of hydrogen-bond donors (Lipinski definition) is 1. The molecular weight excluding hydrogens is 352 g/mol. The van der Waals surface area contributed by atoms with Gasteiger partial charge in [0.2, 0.25) is 0 Å². The Morgan fingerprint density at radius 2 is 1.93 bits per heavy atom. The Hall–Kier alpha value is -3.28. The third-order valence-electron chi connectivity index (χ3n) is 5.70. The molecule has 0 atom stereocenters. The lowest BCUT2D eigenvalue weighted by Gasteiger charge is -2.25. The minimum Gasteiger partial charge on any atom is -0.477 e. The second-order valence-corrected chi connectivity index (χ2v) is 7.40. The Labute approximate surface area is 161 Å². The zero-order valence-corrected chi connectivity index (χ0v) is 15.4. The topological polar surface area (TPSA) is 80.4 Å². The molecule has 1 aromatic carbocycles. The molecule has 140 valence electrons. The summed E-state index contributed by atoms with van der Waals surface area (Å²) < 4.78 is 1.75. The van der Waals surface area contributed by atoms with Crippen LogP contribution >= 0.6 is 0 Å². The summed E-state index contributed by atoms with van der Waals surface area (Å²) in [7, 11) is 0. The van der Waals surface area contributed by atoms with Crippen molar-refractivity contribution in [1.82, 2.24) is 19.6 Å². The van der Waals surface area contributed by atoms with E-state index in [-0.39, 0.29) is 5.56 Å². The fourth-order valence-corrected chi connectivity index (χ4v) is 4.33. The van der Waals surface area contributed by atoms with Crippen LogP contribution in [0.1, 0.15) is 54.1 Å². The number of benzene rings is 1. The van der Waals surface area contributed by atoms with Crippen LogP contribution in [-0.2, 0) is 0 Å². The van der Waals surface area contributed by atoms with Crippen molar-refractivity contribution in [3.63, 3.8) is 0 Å². The summed E-state index contributed by atoms with van der Waals surface area (Å²) in [5.74, 6) is -0.651. The first-order valence-corrected chi connectivity index (χ1v) is 9.67. The summed E-state index contributed by atoms with van der Waals surface area (Å²) >= 11 is 0. The van der Waals surface area contributed by atoms with Crippen LogP contribution in [0.3, 0.4) is 0 Å². The lowest BCUT2D eigenvalue weighted by atomic mass is 9.84. The van der Waals surface area contributed by atoms with E-state index in [9.17, 15) is 9.90 Å². The van der Waals surface area contributed by atoms with Crippen molar-refractivity contribution in [2.45, 2.75) is 38.0 Å². The molecular formula is C22H20N4O2.